The second-order valence-electron chi connectivity index (χ2n) is 6.28. The highest BCUT2D eigenvalue weighted by atomic mass is 15.2. The molecule has 2 heteroatoms. The van der Waals surface area contributed by atoms with Crippen molar-refractivity contribution in [1.29, 1.82) is 0 Å². The Bertz CT molecular complexity index is 192. The smallest absolute Gasteiger partial charge is 0.0679 e. The lowest BCUT2D eigenvalue weighted by Gasteiger charge is -2.35. The average Bonchev–Trinajstić information content (AvgIpc) is 2.40. The monoisotopic (exact) mass is 270 g/mol. The zero-order chi connectivity index (χ0) is 14.6. The second-order valence-corrected chi connectivity index (χ2v) is 6.28. The third kappa shape index (κ3) is 9.45. The van der Waals surface area contributed by atoms with Crippen molar-refractivity contribution in [1.82, 2.24) is 4.90 Å². The third-order valence-electron chi connectivity index (χ3n) is 4.47. The lowest BCUT2D eigenvalue weighted by atomic mass is 9.97. The molecule has 1 unspecified atom stereocenters. The molecule has 116 valence electrons. The van der Waals surface area contributed by atoms with Crippen LogP contribution in [-0.2, 0) is 0 Å². The van der Waals surface area contributed by atoms with Crippen LogP contribution in [0.5, 0.6) is 0 Å². The van der Waals surface area contributed by atoms with Gasteiger partial charge in [-0.05, 0) is 26.9 Å². The van der Waals surface area contributed by atoms with Gasteiger partial charge >= 0.3 is 0 Å². The van der Waals surface area contributed by atoms with E-state index in [0.717, 1.165) is 12.8 Å². The fourth-order valence-electron chi connectivity index (χ4n) is 2.64. The molecule has 0 aromatic rings. The fraction of sp³-hybridized carbons (Fsp3) is 1.00. The standard InChI is InChI=1S/C17H38N2/c1-5-7-8-9-10-11-12-13-14-15-16-17(18,6-2)19(3)4/h5-16,18H2,1-4H3. The van der Waals surface area contributed by atoms with Gasteiger partial charge in [-0.15, -0.1) is 0 Å². The van der Waals surface area contributed by atoms with E-state index in [1.165, 1.54) is 64.2 Å². The summed E-state index contributed by atoms with van der Waals surface area (Å²) >= 11 is 0. The molecule has 0 aromatic heterocycles. The molecule has 0 saturated carbocycles. The van der Waals surface area contributed by atoms with Gasteiger partial charge in [0.2, 0.25) is 0 Å². The number of nitrogens with zero attached hydrogens (tertiary/aromatic N) is 1. The van der Waals surface area contributed by atoms with Crippen LogP contribution in [0.4, 0.5) is 0 Å². The largest absolute Gasteiger partial charge is 0.313 e. The number of hydrogen-bond acceptors (Lipinski definition) is 2. The minimum absolute atomic E-state index is 0.0832. The van der Waals surface area contributed by atoms with Crippen molar-refractivity contribution in [2.45, 2.75) is 96.6 Å². The summed E-state index contributed by atoms with van der Waals surface area (Å²) < 4.78 is 0. The van der Waals surface area contributed by atoms with E-state index in [1.807, 2.05) is 0 Å². The predicted molar refractivity (Wildman–Crippen MR) is 87.4 cm³/mol. The van der Waals surface area contributed by atoms with Crippen molar-refractivity contribution >= 4 is 0 Å². The van der Waals surface area contributed by atoms with Crippen molar-refractivity contribution in [3.63, 3.8) is 0 Å². The minimum Gasteiger partial charge on any atom is -0.313 e. The molecule has 0 aliphatic heterocycles. The van der Waals surface area contributed by atoms with Gasteiger partial charge in [0.15, 0.2) is 0 Å². The van der Waals surface area contributed by atoms with Crippen LogP contribution in [0.25, 0.3) is 0 Å². The summed E-state index contributed by atoms with van der Waals surface area (Å²) in [6.07, 6.45) is 16.1. The van der Waals surface area contributed by atoms with Gasteiger partial charge in [0.25, 0.3) is 0 Å². The number of rotatable bonds is 13. The Morgan fingerprint density at radius 1 is 0.737 bits per heavy atom. The summed E-state index contributed by atoms with van der Waals surface area (Å²) in [4.78, 5) is 2.18. The number of hydrogen-bond donors (Lipinski definition) is 1. The topological polar surface area (TPSA) is 29.3 Å². The molecule has 0 radical (unpaired) electrons. The van der Waals surface area contributed by atoms with Crippen molar-refractivity contribution in [3.05, 3.63) is 0 Å². The molecule has 0 aliphatic rings. The average molecular weight is 271 g/mol. The first-order valence-corrected chi connectivity index (χ1v) is 8.53. The van der Waals surface area contributed by atoms with E-state index in [2.05, 4.69) is 32.8 Å². The van der Waals surface area contributed by atoms with Crippen molar-refractivity contribution in [3.8, 4) is 0 Å². The van der Waals surface area contributed by atoms with Crippen LogP contribution in [0.3, 0.4) is 0 Å². The molecule has 1 atom stereocenters. The molecular weight excluding hydrogens is 232 g/mol. The van der Waals surface area contributed by atoms with Crippen LogP contribution in [0, 0.1) is 0 Å². The van der Waals surface area contributed by atoms with E-state index in [4.69, 9.17) is 5.73 Å². The summed E-state index contributed by atoms with van der Waals surface area (Å²) in [5, 5.41) is 0. The highest BCUT2D eigenvalue weighted by Crippen LogP contribution is 2.19. The maximum Gasteiger partial charge on any atom is 0.0679 e. The van der Waals surface area contributed by atoms with Crippen LogP contribution >= 0.6 is 0 Å². The summed E-state index contributed by atoms with van der Waals surface area (Å²) in [6, 6.07) is 0. The van der Waals surface area contributed by atoms with Crippen LogP contribution in [0.15, 0.2) is 0 Å². The Hall–Kier alpha value is -0.0800. The molecule has 0 bridgehead atoms. The molecule has 19 heavy (non-hydrogen) atoms. The van der Waals surface area contributed by atoms with E-state index < -0.39 is 0 Å². The van der Waals surface area contributed by atoms with E-state index in [0.29, 0.717) is 0 Å². The lowest BCUT2D eigenvalue weighted by molar-refractivity contribution is 0.136. The Labute approximate surface area is 122 Å². The van der Waals surface area contributed by atoms with Crippen LogP contribution in [0.2, 0.25) is 0 Å². The van der Waals surface area contributed by atoms with Gasteiger partial charge < -0.3 is 5.73 Å². The van der Waals surface area contributed by atoms with E-state index in [9.17, 15) is 0 Å². The quantitative estimate of drug-likeness (QED) is 0.380. The first kappa shape index (κ1) is 18.9. The Morgan fingerprint density at radius 3 is 1.53 bits per heavy atom. The molecule has 0 heterocycles. The minimum atomic E-state index is -0.0832. The number of unbranched alkanes of at least 4 members (excludes halogenated alkanes) is 9. The third-order valence-corrected chi connectivity index (χ3v) is 4.47. The summed E-state index contributed by atoms with van der Waals surface area (Å²) in [7, 11) is 4.19. The second kappa shape index (κ2) is 11.7. The van der Waals surface area contributed by atoms with Crippen LogP contribution in [-0.4, -0.2) is 24.7 Å². The van der Waals surface area contributed by atoms with E-state index in [-0.39, 0.29) is 5.66 Å². The molecule has 0 saturated heterocycles. The predicted octanol–water partition coefficient (Wildman–Crippen LogP) is 4.92. The zero-order valence-corrected chi connectivity index (χ0v) is 14.0. The molecule has 2 nitrogen and oxygen atoms in total. The first-order valence-electron chi connectivity index (χ1n) is 8.53. The molecule has 0 fully saturated rings. The number of nitrogens with two attached hydrogens (primary N) is 1. The maximum atomic E-state index is 6.37. The molecule has 0 aliphatic carbocycles. The highest BCUT2D eigenvalue weighted by molar-refractivity contribution is 4.79. The van der Waals surface area contributed by atoms with Gasteiger partial charge in [-0.1, -0.05) is 78.1 Å². The normalized spacial score (nSPS) is 14.8. The molecule has 2 N–H and O–H groups in total. The maximum absolute atomic E-state index is 6.37. The Morgan fingerprint density at radius 2 is 1.16 bits per heavy atom. The Kier molecular flexibility index (Phi) is 11.7. The van der Waals surface area contributed by atoms with Gasteiger partial charge in [0, 0.05) is 0 Å². The van der Waals surface area contributed by atoms with Gasteiger partial charge in [0.1, 0.15) is 0 Å². The van der Waals surface area contributed by atoms with Gasteiger partial charge in [0.05, 0.1) is 5.66 Å². The van der Waals surface area contributed by atoms with E-state index in [1.54, 1.807) is 0 Å². The van der Waals surface area contributed by atoms with Gasteiger partial charge in [-0.3, -0.25) is 4.90 Å². The molecule has 0 spiro atoms. The summed E-state index contributed by atoms with van der Waals surface area (Å²) in [5.74, 6) is 0. The molecule has 0 aromatic carbocycles. The zero-order valence-electron chi connectivity index (χ0n) is 14.0. The summed E-state index contributed by atoms with van der Waals surface area (Å²) in [6.45, 7) is 4.47. The van der Waals surface area contributed by atoms with Crippen LogP contribution in [0.1, 0.15) is 90.9 Å². The fourth-order valence-corrected chi connectivity index (χ4v) is 2.64. The van der Waals surface area contributed by atoms with Gasteiger partial charge in [-0.25, -0.2) is 0 Å². The molecular formula is C17H38N2. The lowest BCUT2D eigenvalue weighted by Crippen LogP contribution is -2.51. The van der Waals surface area contributed by atoms with Crippen molar-refractivity contribution in [2.75, 3.05) is 14.1 Å². The van der Waals surface area contributed by atoms with Crippen molar-refractivity contribution < 1.29 is 0 Å². The SMILES string of the molecule is CCCCCCCCCCCCC(N)(CC)N(C)C. The summed E-state index contributed by atoms with van der Waals surface area (Å²) in [5.41, 5.74) is 6.29. The van der Waals surface area contributed by atoms with Crippen molar-refractivity contribution in [2.24, 2.45) is 5.73 Å². The Balaban J connectivity index is 3.35. The van der Waals surface area contributed by atoms with E-state index >= 15 is 0 Å². The first-order chi connectivity index (χ1) is 9.06. The van der Waals surface area contributed by atoms with Gasteiger partial charge in [-0.2, -0.15) is 0 Å². The molecule has 0 rings (SSSR count). The molecule has 0 amide bonds. The highest BCUT2D eigenvalue weighted by Gasteiger charge is 2.23. The van der Waals surface area contributed by atoms with Crippen LogP contribution < -0.4 is 5.73 Å².